The standard InChI is InChI=1S/C23H20ClN3O3/c1-14-5-4-10-27-13-19(25-22(14)27)15-6-8-21(30-3)18(11-15)26-23(28)17-12-16(24)7-9-20(17)29-2/h4-13H,1-3H3,(H,26,28). The Morgan fingerprint density at radius 1 is 1.07 bits per heavy atom. The number of hydrogen-bond acceptors (Lipinski definition) is 4. The number of imidazole rings is 1. The predicted molar refractivity (Wildman–Crippen MR) is 118 cm³/mol. The molecule has 0 aliphatic carbocycles. The van der Waals surface area contributed by atoms with Crippen LogP contribution in [0.25, 0.3) is 16.9 Å². The Kier molecular flexibility index (Phi) is 5.33. The van der Waals surface area contributed by atoms with Crippen molar-refractivity contribution in [3.05, 3.63) is 77.1 Å². The van der Waals surface area contributed by atoms with Crippen molar-refractivity contribution in [2.75, 3.05) is 19.5 Å². The lowest BCUT2D eigenvalue weighted by molar-refractivity contribution is 0.102. The Morgan fingerprint density at radius 3 is 2.57 bits per heavy atom. The van der Waals surface area contributed by atoms with Crippen LogP contribution in [-0.2, 0) is 0 Å². The highest BCUT2D eigenvalue weighted by molar-refractivity contribution is 6.31. The molecule has 0 fully saturated rings. The minimum Gasteiger partial charge on any atom is -0.496 e. The summed E-state index contributed by atoms with van der Waals surface area (Å²) in [6.07, 6.45) is 3.91. The maximum Gasteiger partial charge on any atom is 0.259 e. The van der Waals surface area contributed by atoms with Crippen LogP contribution in [-0.4, -0.2) is 29.5 Å². The molecule has 152 valence electrons. The van der Waals surface area contributed by atoms with E-state index < -0.39 is 0 Å². The molecule has 0 bridgehead atoms. The van der Waals surface area contributed by atoms with Gasteiger partial charge in [-0.05, 0) is 55.0 Å². The predicted octanol–water partition coefficient (Wildman–Crippen LogP) is 5.23. The molecule has 0 saturated heterocycles. The number of benzene rings is 2. The summed E-state index contributed by atoms with van der Waals surface area (Å²) >= 11 is 6.07. The maximum absolute atomic E-state index is 12.9. The zero-order chi connectivity index (χ0) is 21.3. The highest BCUT2D eigenvalue weighted by atomic mass is 35.5. The van der Waals surface area contributed by atoms with Crippen LogP contribution in [0.15, 0.2) is 60.9 Å². The second-order valence-electron chi connectivity index (χ2n) is 6.76. The van der Waals surface area contributed by atoms with Crippen molar-refractivity contribution >= 4 is 28.8 Å². The average molecular weight is 422 g/mol. The SMILES string of the molecule is COc1ccc(-c2cn3cccc(C)c3n2)cc1NC(=O)c1cc(Cl)ccc1OC. The van der Waals surface area contributed by atoms with Gasteiger partial charge in [0.05, 0.1) is 31.2 Å². The number of anilines is 1. The number of aryl methyl sites for hydroxylation is 1. The fourth-order valence-electron chi connectivity index (χ4n) is 3.31. The number of nitrogens with one attached hydrogen (secondary N) is 1. The molecule has 2 aromatic heterocycles. The first kappa shape index (κ1) is 19.8. The molecule has 0 radical (unpaired) electrons. The van der Waals surface area contributed by atoms with E-state index in [0.717, 1.165) is 22.5 Å². The third kappa shape index (κ3) is 3.69. The Morgan fingerprint density at radius 2 is 1.83 bits per heavy atom. The number of hydrogen-bond donors (Lipinski definition) is 1. The molecule has 0 atom stereocenters. The third-order valence-electron chi connectivity index (χ3n) is 4.83. The fourth-order valence-corrected chi connectivity index (χ4v) is 3.48. The number of aromatic nitrogens is 2. The number of fused-ring (bicyclic) bond motifs is 1. The number of carbonyl (C=O) groups excluding carboxylic acids is 1. The molecule has 0 aliphatic heterocycles. The smallest absolute Gasteiger partial charge is 0.259 e. The summed E-state index contributed by atoms with van der Waals surface area (Å²) in [5.41, 5.74) is 4.48. The summed E-state index contributed by atoms with van der Waals surface area (Å²) in [6, 6.07) is 14.4. The number of amides is 1. The first-order valence-corrected chi connectivity index (χ1v) is 9.65. The normalized spacial score (nSPS) is 10.8. The van der Waals surface area contributed by atoms with E-state index in [1.165, 1.54) is 7.11 Å². The number of pyridine rings is 1. The van der Waals surface area contributed by atoms with Crippen LogP contribution < -0.4 is 14.8 Å². The highest BCUT2D eigenvalue weighted by Gasteiger charge is 2.16. The topological polar surface area (TPSA) is 64.9 Å². The molecule has 30 heavy (non-hydrogen) atoms. The van der Waals surface area contributed by atoms with Gasteiger partial charge in [-0.15, -0.1) is 0 Å². The van der Waals surface area contributed by atoms with E-state index in [2.05, 4.69) is 5.32 Å². The first-order chi connectivity index (χ1) is 14.5. The van der Waals surface area contributed by atoms with Gasteiger partial charge in [0.2, 0.25) is 0 Å². The second-order valence-corrected chi connectivity index (χ2v) is 7.20. The largest absolute Gasteiger partial charge is 0.496 e. The number of halogens is 1. The van der Waals surface area contributed by atoms with Crippen LogP contribution in [0.5, 0.6) is 11.5 Å². The van der Waals surface area contributed by atoms with Crippen molar-refractivity contribution in [1.29, 1.82) is 0 Å². The van der Waals surface area contributed by atoms with E-state index in [9.17, 15) is 4.79 Å². The van der Waals surface area contributed by atoms with E-state index in [1.807, 2.05) is 48.0 Å². The van der Waals surface area contributed by atoms with Gasteiger partial charge in [-0.2, -0.15) is 0 Å². The molecule has 0 unspecified atom stereocenters. The third-order valence-corrected chi connectivity index (χ3v) is 5.06. The van der Waals surface area contributed by atoms with Crippen LogP contribution in [0, 0.1) is 6.92 Å². The number of ether oxygens (including phenoxy) is 2. The molecule has 2 heterocycles. The minimum absolute atomic E-state index is 0.334. The van der Waals surface area contributed by atoms with Gasteiger partial charge < -0.3 is 19.2 Å². The van der Waals surface area contributed by atoms with Gasteiger partial charge in [-0.1, -0.05) is 17.7 Å². The number of methoxy groups -OCH3 is 2. The van der Waals surface area contributed by atoms with Gasteiger partial charge >= 0.3 is 0 Å². The monoisotopic (exact) mass is 421 g/mol. The second kappa shape index (κ2) is 8.08. The van der Waals surface area contributed by atoms with Gasteiger partial charge in [0.15, 0.2) is 0 Å². The van der Waals surface area contributed by atoms with E-state index in [1.54, 1.807) is 31.4 Å². The molecule has 7 heteroatoms. The zero-order valence-corrected chi connectivity index (χ0v) is 17.5. The Bertz CT molecular complexity index is 1250. The van der Waals surface area contributed by atoms with Gasteiger partial charge in [0.25, 0.3) is 5.91 Å². The van der Waals surface area contributed by atoms with E-state index >= 15 is 0 Å². The van der Waals surface area contributed by atoms with E-state index in [-0.39, 0.29) is 5.91 Å². The lowest BCUT2D eigenvalue weighted by Gasteiger charge is -2.13. The zero-order valence-electron chi connectivity index (χ0n) is 16.8. The summed E-state index contributed by atoms with van der Waals surface area (Å²) in [5.74, 6) is 0.617. The maximum atomic E-state index is 12.9. The molecule has 1 N–H and O–H groups in total. The first-order valence-electron chi connectivity index (χ1n) is 9.28. The molecule has 1 amide bonds. The molecule has 0 saturated carbocycles. The molecule has 4 aromatic rings. The van der Waals surface area contributed by atoms with Gasteiger partial charge in [-0.25, -0.2) is 4.98 Å². The van der Waals surface area contributed by atoms with Gasteiger partial charge in [0.1, 0.15) is 17.1 Å². The lowest BCUT2D eigenvalue weighted by Crippen LogP contribution is -2.14. The Labute approximate surface area is 179 Å². The average Bonchev–Trinajstić information content (AvgIpc) is 3.19. The van der Waals surface area contributed by atoms with E-state index in [0.29, 0.717) is 27.8 Å². The summed E-state index contributed by atoms with van der Waals surface area (Å²) in [5, 5.41) is 3.34. The Hall–Kier alpha value is -3.51. The quantitative estimate of drug-likeness (QED) is 0.479. The van der Waals surface area contributed by atoms with Crippen molar-refractivity contribution in [1.82, 2.24) is 9.38 Å². The van der Waals surface area contributed by atoms with Crippen LogP contribution in [0.3, 0.4) is 0 Å². The van der Waals surface area contributed by atoms with Crippen molar-refractivity contribution in [3.63, 3.8) is 0 Å². The summed E-state index contributed by atoms with van der Waals surface area (Å²) in [7, 11) is 3.06. The van der Waals surface area contributed by atoms with Gasteiger partial charge in [-0.3, -0.25) is 4.79 Å². The molecule has 0 aliphatic rings. The lowest BCUT2D eigenvalue weighted by atomic mass is 10.1. The Balaban J connectivity index is 1.72. The van der Waals surface area contributed by atoms with Crippen LogP contribution >= 0.6 is 11.6 Å². The van der Waals surface area contributed by atoms with Crippen molar-refractivity contribution in [2.45, 2.75) is 6.92 Å². The fraction of sp³-hybridized carbons (Fsp3) is 0.130. The van der Waals surface area contributed by atoms with E-state index in [4.69, 9.17) is 26.1 Å². The minimum atomic E-state index is -0.351. The summed E-state index contributed by atoms with van der Waals surface area (Å²) in [6.45, 7) is 2.02. The highest BCUT2D eigenvalue weighted by Crippen LogP contribution is 2.32. The number of nitrogens with zero attached hydrogens (tertiary/aromatic N) is 2. The number of rotatable bonds is 5. The van der Waals surface area contributed by atoms with Crippen molar-refractivity contribution < 1.29 is 14.3 Å². The number of carbonyl (C=O) groups is 1. The molecular formula is C23H20ClN3O3. The van der Waals surface area contributed by atoms with Crippen LogP contribution in [0.2, 0.25) is 5.02 Å². The molecule has 6 nitrogen and oxygen atoms in total. The summed E-state index contributed by atoms with van der Waals surface area (Å²) < 4.78 is 12.7. The van der Waals surface area contributed by atoms with Crippen molar-refractivity contribution in [3.8, 4) is 22.8 Å². The molecular weight excluding hydrogens is 402 g/mol. The molecule has 0 spiro atoms. The molecule has 4 rings (SSSR count). The van der Waals surface area contributed by atoms with Gasteiger partial charge in [0, 0.05) is 23.0 Å². The van der Waals surface area contributed by atoms with Crippen LogP contribution in [0.1, 0.15) is 15.9 Å². The summed E-state index contributed by atoms with van der Waals surface area (Å²) in [4.78, 5) is 17.6. The van der Waals surface area contributed by atoms with Crippen molar-refractivity contribution in [2.24, 2.45) is 0 Å². The molecule has 2 aromatic carbocycles. The van der Waals surface area contributed by atoms with Crippen LogP contribution in [0.4, 0.5) is 5.69 Å².